The number of carbonyl (C=O) groups excluding carboxylic acids is 4. The van der Waals surface area contributed by atoms with E-state index >= 15 is 0 Å². The van der Waals surface area contributed by atoms with Crippen LogP contribution in [0.5, 0.6) is 0 Å². The first-order chi connectivity index (χ1) is 13.8. The first-order valence-corrected chi connectivity index (χ1v) is 10.1. The Balaban J connectivity index is 1.58. The van der Waals surface area contributed by atoms with Crippen molar-refractivity contribution in [1.29, 1.82) is 0 Å². The zero-order valence-corrected chi connectivity index (χ0v) is 17.0. The van der Waals surface area contributed by atoms with Gasteiger partial charge in [0.05, 0.1) is 12.2 Å². The third-order valence-electron chi connectivity index (χ3n) is 5.85. The van der Waals surface area contributed by atoms with E-state index in [0.29, 0.717) is 18.3 Å². The highest BCUT2D eigenvalue weighted by molar-refractivity contribution is 6.10. The molecule has 0 aliphatic heterocycles. The normalized spacial score (nSPS) is 22.4. The standard InChI is InChI=1S/C21H27NO7/c1-4-27-21(26)19-18(11(2)23)12(3)29-20(19)22-16(24)10-28-17(25)9-15-8-13-5-6-14(15)7-13/h13-15H,4-10H2,1-3H3,(H,22,24)/t13-,14-,15-/m1/s1. The molecular formula is C21H27NO7. The molecule has 1 heterocycles. The van der Waals surface area contributed by atoms with Crippen LogP contribution in [0.15, 0.2) is 4.42 Å². The number of ketones is 1. The molecule has 0 aromatic carbocycles. The summed E-state index contributed by atoms with van der Waals surface area (Å²) in [5.41, 5.74) is -0.0643. The highest BCUT2D eigenvalue weighted by Gasteiger charge is 2.40. The molecule has 3 rings (SSSR count). The maximum Gasteiger partial charge on any atom is 0.344 e. The van der Waals surface area contributed by atoms with Crippen LogP contribution >= 0.6 is 0 Å². The number of esters is 2. The number of nitrogens with one attached hydrogen (secondary N) is 1. The molecule has 2 fully saturated rings. The van der Waals surface area contributed by atoms with Crippen LogP contribution in [0.4, 0.5) is 5.88 Å². The van der Waals surface area contributed by atoms with Gasteiger partial charge in [0.25, 0.3) is 5.91 Å². The van der Waals surface area contributed by atoms with E-state index in [2.05, 4.69) is 5.32 Å². The van der Waals surface area contributed by atoms with E-state index in [1.165, 1.54) is 33.1 Å². The van der Waals surface area contributed by atoms with E-state index in [9.17, 15) is 19.2 Å². The van der Waals surface area contributed by atoms with Crippen molar-refractivity contribution in [2.75, 3.05) is 18.5 Å². The molecule has 8 heteroatoms. The number of ether oxygens (including phenoxy) is 2. The molecule has 2 bridgehead atoms. The average Bonchev–Trinajstić information content (AvgIpc) is 3.34. The predicted octanol–water partition coefficient (Wildman–Crippen LogP) is 3.28. The van der Waals surface area contributed by atoms with Crippen molar-refractivity contribution in [3.8, 4) is 0 Å². The lowest BCUT2D eigenvalue weighted by Crippen LogP contribution is -2.24. The Kier molecular flexibility index (Phi) is 6.39. The van der Waals surface area contributed by atoms with E-state index in [4.69, 9.17) is 13.9 Å². The van der Waals surface area contributed by atoms with Gasteiger partial charge in [0.2, 0.25) is 5.88 Å². The lowest BCUT2D eigenvalue weighted by Gasteiger charge is -2.20. The summed E-state index contributed by atoms with van der Waals surface area (Å²) >= 11 is 0. The van der Waals surface area contributed by atoms with Crippen molar-refractivity contribution in [3.05, 3.63) is 16.9 Å². The molecule has 3 atom stereocenters. The first kappa shape index (κ1) is 21.1. The van der Waals surface area contributed by atoms with Gasteiger partial charge in [0.15, 0.2) is 12.4 Å². The topological polar surface area (TPSA) is 112 Å². The van der Waals surface area contributed by atoms with E-state index < -0.39 is 24.5 Å². The number of rotatable bonds is 8. The Labute approximate surface area is 169 Å². The number of anilines is 1. The van der Waals surface area contributed by atoms with E-state index in [1.54, 1.807) is 6.92 Å². The van der Waals surface area contributed by atoms with Crippen LogP contribution in [0.25, 0.3) is 0 Å². The molecule has 158 valence electrons. The molecule has 1 N–H and O–H groups in total. The van der Waals surface area contributed by atoms with E-state index in [-0.39, 0.29) is 35.2 Å². The second-order valence-electron chi connectivity index (χ2n) is 7.86. The quantitative estimate of drug-likeness (QED) is 0.522. The number of hydrogen-bond acceptors (Lipinski definition) is 7. The molecule has 2 saturated carbocycles. The van der Waals surface area contributed by atoms with Crippen molar-refractivity contribution in [3.63, 3.8) is 0 Å². The minimum absolute atomic E-state index is 0.0621. The number of carbonyl (C=O) groups is 4. The summed E-state index contributed by atoms with van der Waals surface area (Å²) in [6, 6.07) is 0. The SMILES string of the molecule is CCOC(=O)c1c(NC(=O)COC(=O)C[C@H]2C[C@@H]3CC[C@@H]2C3)oc(C)c1C(C)=O. The Morgan fingerprint density at radius 3 is 2.45 bits per heavy atom. The average molecular weight is 405 g/mol. The zero-order valence-electron chi connectivity index (χ0n) is 17.0. The van der Waals surface area contributed by atoms with Crippen LogP contribution in [-0.4, -0.2) is 36.8 Å². The second kappa shape index (κ2) is 8.80. The summed E-state index contributed by atoms with van der Waals surface area (Å²) < 4.78 is 15.5. The molecule has 2 aliphatic carbocycles. The largest absolute Gasteiger partial charge is 0.462 e. The van der Waals surface area contributed by atoms with Crippen LogP contribution in [-0.2, 0) is 19.1 Å². The number of fused-ring (bicyclic) bond motifs is 2. The van der Waals surface area contributed by atoms with Crippen molar-refractivity contribution in [1.82, 2.24) is 0 Å². The fourth-order valence-corrected chi connectivity index (χ4v) is 4.66. The van der Waals surface area contributed by atoms with Gasteiger partial charge in [0.1, 0.15) is 11.3 Å². The summed E-state index contributed by atoms with van der Waals surface area (Å²) in [7, 11) is 0. The molecule has 0 saturated heterocycles. The van der Waals surface area contributed by atoms with Gasteiger partial charge in [-0.3, -0.25) is 19.7 Å². The maximum atomic E-state index is 12.2. The highest BCUT2D eigenvalue weighted by atomic mass is 16.5. The molecule has 29 heavy (non-hydrogen) atoms. The van der Waals surface area contributed by atoms with Crippen LogP contribution < -0.4 is 5.32 Å². The molecule has 2 aliphatic rings. The maximum absolute atomic E-state index is 12.2. The Hall–Kier alpha value is -2.64. The minimum Gasteiger partial charge on any atom is -0.462 e. The minimum atomic E-state index is -0.766. The van der Waals surface area contributed by atoms with Crippen LogP contribution in [0.3, 0.4) is 0 Å². The molecule has 1 aromatic heterocycles. The Bertz CT molecular complexity index is 825. The van der Waals surface area contributed by atoms with Gasteiger partial charge in [-0.1, -0.05) is 6.42 Å². The monoisotopic (exact) mass is 405 g/mol. The second-order valence-corrected chi connectivity index (χ2v) is 7.86. The van der Waals surface area contributed by atoms with Gasteiger partial charge in [0, 0.05) is 6.42 Å². The Morgan fingerprint density at radius 2 is 1.86 bits per heavy atom. The number of amides is 1. The van der Waals surface area contributed by atoms with Gasteiger partial charge in [-0.05, 0) is 57.8 Å². The summed E-state index contributed by atoms with van der Waals surface area (Å²) in [6.45, 7) is 4.06. The summed E-state index contributed by atoms with van der Waals surface area (Å²) in [4.78, 5) is 48.4. The van der Waals surface area contributed by atoms with E-state index in [1.807, 2.05) is 0 Å². The van der Waals surface area contributed by atoms with Gasteiger partial charge < -0.3 is 13.9 Å². The van der Waals surface area contributed by atoms with Gasteiger partial charge in [-0.2, -0.15) is 0 Å². The number of Topliss-reactive ketones (excluding diaryl/α,β-unsaturated/α-hetero) is 1. The lowest BCUT2D eigenvalue weighted by molar-refractivity contribution is -0.148. The molecule has 0 unspecified atom stereocenters. The molecule has 0 radical (unpaired) electrons. The third-order valence-corrected chi connectivity index (χ3v) is 5.85. The summed E-state index contributed by atoms with van der Waals surface area (Å²) in [5, 5.41) is 2.41. The molecular weight excluding hydrogens is 378 g/mol. The molecule has 8 nitrogen and oxygen atoms in total. The van der Waals surface area contributed by atoms with Crippen molar-refractivity contribution < 1.29 is 33.1 Å². The lowest BCUT2D eigenvalue weighted by atomic mass is 9.86. The molecule has 0 spiro atoms. The summed E-state index contributed by atoms with van der Waals surface area (Å²) in [5.74, 6) is -0.492. The first-order valence-electron chi connectivity index (χ1n) is 10.1. The predicted molar refractivity (Wildman–Crippen MR) is 103 cm³/mol. The summed E-state index contributed by atoms with van der Waals surface area (Å²) in [6.07, 6.45) is 5.03. The van der Waals surface area contributed by atoms with Gasteiger partial charge in [-0.15, -0.1) is 0 Å². The van der Waals surface area contributed by atoms with Crippen LogP contribution in [0.2, 0.25) is 0 Å². The van der Waals surface area contributed by atoms with Gasteiger partial charge >= 0.3 is 11.9 Å². The van der Waals surface area contributed by atoms with Crippen molar-refractivity contribution >= 4 is 29.5 Å². The van der Waals surface area contributed by atoms with Gasteiger partial charge in [-0.25, -0.2) is 4.79 Å². The van der Waals surface area contributed by atoms with Crippen LogP contribution in [0.1, 0.15) is 72.4 Å². The molecule has 1 amide bonds. The molecule has 1 aromatic rings. The van der Waals surface area contributed by atoms with Crippen molar-refractivity contribution in [2.45, 2.75) is 52.9 Å². The Morgan fingerprint density at radius 1 is 1.10 bits per heavy atom. The zero-order chi connectivity index (χ0) is 21.1. The number of furan rings is 1. The fourth-order valence-electron chi connectivity index (χ4n) is 4.66. The highest BCUT2D eigenvalue weighted by Crippen LogP contribution is 2.49. The number of aryl methyl sites for hydroxylation is 1. The van der Waals surface area contributed by atoms with Crippen molar-refractivity contribution in [2.24, 2.45) is 17.8 Å². The smallest absolute Gasteiger partial charge is 0.344 e. The number of hydrogen-bond donors (Lipinski definition) is 1. The van der Waals surface area contributed by atoms with E-state index in [0.717, 1.165) is 12.3 Å². The third kappa shape index (κ3) is 4.68. The fraction of sp³-hybridized carbons (Fsp3) is 0.619. The van der Waals surface area contributed by atoms with Crippen LogP contribution in [0, 0.1) is 24.7 Å².